The van der Waals surface area contributed by atoms with E-state index in [1.807, 2.05) is 24.3 Å². The Morgan fingerprint density at radius 2 is 1.90 bits per heavy atom. The molecule has 4 nitrogen and oxygen atoms in total. The fraction of sp³-hybridized carbons (Fsp3) is 0.176. The maximum Gasteiger partial charge on any atom is 0.174 e. The van der Waals surface area contributed by atoms with Crippen LogP contribution in [0.15, 0.2) is 48.9 Å². The Bertz CT molecular complexity index is 839. The molecule has 0 radical (unpaired) electrons. The van der Waals surface area contributed by atoms with Crippen molar-refractivity contribution in [2.75, 3.05) is 0 Å². The van der Waals surface area contributed by atoms with Gasteiger partial charge in [0.05, 0.1) is 22.6 Å². The molecule has 21 heavy (non-hydrogen) atoms. The molecule has 1 aliphatic rings. The van der Waals surface area contributed by atoms with Gasteiger partial charge in [0.15, 0.2) is 5.78 Å². The molecule has 1 unspecified atom stereocenters. The number of hydrogen-bond donors (Lipinski definition) is 0. The number of Topliss-reactive ketones (excluding diaryl/α,β-unsaturated/α-hetero) is 1. The minimum absolute atomic E-state index is 0.0959. The number of para-hydroxylation sites is 1. The zero-order valence-corrected chi connectivity index (χ0v) is 11.4. The topological polar surface area (TPSA) is 55.7 Å². The summed E-state index contributed by atoms with van der Waals surface area (Å²) >= 11 is 0. The molecule has 0 saturated carbocycles. The van der Waals surface area contributed by atoms with Gasteiger partial charge in [-0.15, -0.1) is 0 Å². The molecule has 0 aliphatic heterocycles. The summed E-state index contributed by atoms with van der Waals surface area (Å²) in [5.41, 5.74) is 4.17. The van der Waals surface area contributed by atoms with E-state index in [-0.39, 0.29) is 11.7 Å². The molecular weight excluding hydrogens is 262 g/mol. The molecular formula is C17H13N3O. The van der Waals surface area contributed by atoms with Crippen molar-refractivity contribution in [3.63, 3.8) is 0 Å². The first-order valence-corrected chi connectivity index (χ1v) is 7.02. The van der Waals surface area contributed by atoms with E-state index in [1.54, 1.807) is 18.6 Å². The normalized spacial score (nSPS) is 16.9. The van der Waals surface area contributed by atoms with Crippen LogP contribution in [0.2, 0.25) is 0 Å². The van der Waals surface area contributed by atoms with Crippen LogP contribution in [0.1, 0.15) is 34.0 Å². The molecule has 4 heteroatoms. The third-order valence-corrected chi connectivity index (χ3v) is 4.04. The van der Waals surface area contributed by atoms with Crippen LogP contribution in [0, 0.1) is 0 Å². The van der Waals surface area contributed by atoms with Gasteiger partial charge in [-0.25, -0.2) is 0 Å². The van der Waals surface area contributed by atoms with Crippen molar-refractivity contribution < 1.29 is 4.79 Å². The Labute approximate surface area is 121 Å². The van der Waals surface area contributed by atoms with Gasteiger partial charge in [-0.3, -0.25) is 19.7 Å². The highest BCUT2D eigenvalue weighted by Gasteiger charge is 2.31. The smallest absolute Gasteiger partial charge is 0.174 e. The highest BCUT2D eigenvalue weighted by Crippen LogP contribution is 2.34. The number of aromatic nitrogens is 3. The summed E-state index contributed by atoms with van der Waals surface area (Å²) in [6, 6.07) is 9.55. The lowest BCUT2D eigenvalue weighted by molar-refractivity contribution is 0.0959. The van der Waals surface area contributed by atoms with Gasteiger partial charge in [-0.2, -0.15) is 0 Å². The molecule has 0 saturated heterocycles. The van der Waals surface area contributed by atoms with Gasteiger partial charge in [0.1, 0.15) is 0 Å². The Kier molecular flexibility index (Phi) is 2.74. The number of carbonyl (C=O) groups is 1. The van der Waals surface area contributed by atoms with E-state index in [1.165, 1.54) is 5.56 Å². The molecule has 0 fully saturated rings. The number of aryl methyl sites for hydroxylation is 1. The molecule has 0 amide bonds. The average Bonchev–Trinajstić information content (AvgIpc) is 2.98. The van der Waals surface area contributed by atoms with E-state index >= 15 is 0 Å². The number of rotatable bonds is 2. The molecule has 1 aromatic carbocycles. The molecule has 2 aromatic heterocycles. The van der Waals surface area contributed by atoms with Crippen LogP contribution in [0.4, 0.5) is 0 Å². The number of benzene rings is 1. The Balaban J connectivity index is 1.82. The number of pyridine rings is 1. The van der Waals surface area contributed by atoms with Gasteiger partial charge in [-0.1, -0.05) is 12.1 Å². The number of hydrogen-bond acceptors (Lipinski definition) is 4. The molecule has 2 heterocycles. The highest BCUT2D eigenvalue weighted by molar-refractivity contribution is 6.09. The summed E-state index contributed by atoms with van der Waals surface area (Å²) in [5, 5.41) is 0. The number of fused-ring (bicyclic) bond motifs is 2. The molecule has 1 atom stereocenters. The van der Waals surface area contributed by atoms with Crippen LogP contribution < -0.4 is 0 Å². The predicted molar refractivity (Wildman–Crippen MR) is 79.2 cm³/mol. The van der Waals surface area contributed by atoms with E-state index in [2.05, 4.69) is 21.0 Å². The molecule has 0 N–H and O–H groups in total. The minimum atomic E-state index is -0.159. The fourth-order valence-electron chi connectivity index (χ4n) is 3.05. The van der Waals surface area contributed by atoms with Crippen LogP contribution in [-0.4, -0.2) is 20.7 Å². The van der Waals surface area contributed by atoms with E-state index in [4.69, 9.17) is 0 Å². The Hall–Kier alpha value is -2.62. The third-order valence-electron chi connectivity index (χ3n) is 4.04. The number of carbonyl (C=O) groups excluding carboxylic acids is 1. The molecule has 4 rings (SSSR count). The van der Waals surface area contributed by atoms with Crippen LogP contribution in [-0.2, 0) is 6.42 Å². The largest absolute Gasteiger partial charge is 0.293 e. The van der Waals surface area contributed by atoms with Crippen molar-refractivity contribution in [1.29, 1.82) is 0 Å². The van der Waals surface area contributed by atoms with Crippen molar-refractivity contribution in [1.82, 2.24) is 15.0 Å². The van der Waals surface area contributed by atoms with Gasteiger partial charge < -0.3 is 0 Å². The van der Waals surface area contributed by atoms with Gasteiger partial charge >= 0.3 is 0 Å². The molecule has 102 valence electrons. The molecule has 0 spiro atoms. The maximum atomic E-state index is 12.9. The second-order valence-electron chi connectivity index (χ2n) is 5.23. The average molecular weight is 275 g/mol. The Morgan fingerprint density at radius 3 is 2.86 bits per heavy atom. The predicted octanol–water partition coefficient (Wildman–Crippen LogP) is 2.94. The zero-order chi connectivity index (χ0) is 14.2. The first kappa shape index (κ1) is 12.1. The third kappa shape index (κ3) is 1.91. The van der Waals surface area contributed by atoms with Crippen LogP contribution in [0.5, 0.6) is 0 Å². The summed E-state index contributed by atoms with van der Waals surface area (Å²) in [5.74, 6) is -0.0626. The van der Waals surface area contributed by atoms with Gasteiger partial charge in [0.25, 0.3) is 0 Å². The van der Waals surface area contributed by atoms with Crippen LogP contribution >= 0.6 is 0 Å². The number of nitrogens with zero attached hydrogens (tertiary/aromatic N) is 3. The van der Waals surface area contributed by atoms with Crippen molar-refractivity contribution in [2.24, 2.45) is 0 Å². The molecule has 1 aliphatic carbocycles. The van der Waals surface area contributed by atoms with Crippen molar-refractivity contribution in [3.8, 4) is 0 Å². The second kappa shape index (κ2) is 4.74. The standard InChI is InChI=1S/C17H13N3O/c21-17(13-7-6-11-3-2-8-19-15(11)13)12-4-1-5-14-16(12)20-10-9-18-14/h1-5,8-10,13H,6-7H2. The summed E-state index contributed by atoms with van der Waals surface area (Å²) in [6.07, 6.45) is 6.76. The summed E-state index contributed by atoms with van der Waals surface area (Å²) in [6.45, 7) is 0. The second-order valence-corrected chi connectivity index (χ2v) is 5.23. The SMILES string of the molecule is O=C(c1cccc2nccnc12)C1CCc2cccnc21. The lowest BCUT2D eigenvalue weighted by Gasteiger charge is -2.10. The van der Waals surface area contributed by atoms with Crippen LogP contribution in [0.25, 0.3) is 11.0 Å². The summed E-state index contributed by atoms with van der Waals surface area (Å²) < 4.78 is 0. The fourth-order valence-corrected chi connectivity index (χ4v) is 3.05. The lowest BCUT2D eigenvalue weighted by Crippen LogP contribution is -2.12. The van der Waals surface area contributed by atoms with E-state index in [0.29, 0.717) is 11.1 Å². The molecule has 3 aromatic rings. The van der Waals surface area contributed by atoms with E-state index in [0.717, 1.165) is 24.1 Å². The van der Waals surface area contributed by atoms with Crippen molar-refractivity contribution >= 4 is 16.8 Å². The van der Waals surface area contributed by atoms with Crippen molar-refractivity contribution in [2.45, 2.75) is 18.8 Å². The highest BCUT2D eigenvalue weighted by atomic mass is 16.1. The monoisotopic (exact) mass is 275 g/mol. The quantitative estimate of drug-likeness (QED) is 0.675. The van der Waals surface area contributed by atoms with E-state index in [9.17, 15) is 4.79 Å². The summed E-state index contributed by atoms with van der Waals surface area (Å²) in [4.78, 5) is 25.9. The van der Waals surface area contributed by atoms with E-state index < -0.39 is 0 Å². The first-order chi connectivity index (χ1) is 10.3. The minimum Gasteiger partial charge on any atom is -0.293 e. The van der Waals surface area contributed by atoms with Gasteiger partial charge in [0, 0.05) is 24.2 Å². The lowest BCUT2D eigenvalue weighted by atomic mass is 9.94. The zero-order valence-electron chi connectivity index (χ0n) is 11.4. The van der Waals surface area contributed by atoms with Gasteiger partial charge in [-0.05, 0) is 36.6 Å². The van der Waals surface area contributed by atoms with Gasteiger partial charge in [0.2, 0.25) is 0 Å². The number of ketones is 1. The Morgan fingerprint density at radius 1 is 1.00 bits per heavy atom. The van der Waals surface area contributed by atoms with Crippen molar-refractivity contribution in [3.05, 3.63) is 65.7 Å². The molecule has 0 bridgehead atoms. The summed E-state index contributed by atoms with van der Waals surface area (Å²) in [7, 11) is 0. The van der Waals surface area contributed by atoms with Crippen LogP contribution in [0.3, 0.4) is 0 Å². The maximum absolute atomic E-state index is 12.9. The first-order valence-electron chi connectivity index (χ1n) is 7.02.